The smallest absolute Gasteiger partial charge is 0.0499 e. The van der Waals surface area contributed by atoms with Crippen molar-refractivity contribution in [2.45, 2.75) is 19.8 Å². The molecule has 1 atom stereocenters. The molecule has 1 saturated heterocycles. The van der Waals surface area contributed by atoms with Crippen molar-refractivity contribution in [2.24, 2.45) is 17.1 Å². The molecule has 1 rings (SSSR count). The molecule has 0 amide bonds. The van der Waals surface area contributed by atoms with Crippen LogP contribution in [0.3, 0.4) is 0 Å². The van der Waals surface area contributed by atoms with E-state index in [1.807, 2.05) is 0 Å². The molecule has 3 nitrogen and oxygen atoms in total. The van der Waals surface area contributed by atoms with Crippen LogP contribution in [0, 0.1) is 11.3 Å². The zero-order valence-corrected chi connectivity index (χ0v) is 8.79. The first-order valence-electron chi connectivity index (χ1n) is 5.12. The fourth-order valence-electron chi connectivity index (χ4n) is 2.07. The number of aliphatic hydroxyl groups is 1. The van der Waals surface area contributed by atoms with E-state index in [9.17, 15) is 5.11 Å². The summed E-state index contributed by atoms with van der Waals surface area (Å²) in [6.07, 6.45) is 2.34. The lowest BCUT2D eigenvalue weighted by Gasteiger charge is -2.40. The van der Waals surface area contributed by atoms with Gasteiger partial charge in [-0.05, 0) is 38.9 Å². The molecule has 1 heterocycles. The minimum absolute atomic E-state index is 0.0543. The van der Waals surface area contributed by atoms with Gasteiger partial charge in [-0.15, -0.1) is 0 Å². The summed E-state index contributed by atoms with van der Waals surface area (Å²) < 4.78 is 0. The highest BCUT2D eigenvalue weighted by molar-refractivity contribution is 4.86. The molecule has 13 heavy (non-hydrogen) atoms. The Morgan fingerprint density at radius 3 is 2.38 bits per heavy atom. The summed E-state index contributed by atoms with van der Waals surface area (Å²) in [5, 5.41) is 9.31. The summed E-state index contributed by atoms with van der Waals surface area (Å²) in [4.78, 5) is 2.34. The van der Waals surface area contributed by atoms with Crippen LogP contribution in [0.5, 0.6) is 0 Å². The molecule has 3 heteroatoms. The molecule has 1 aliphatic rings. The van der Waals surface area contributed by atoms with E-state index < -0.39 is 0 Å². The number of piperidine rings is 1. The Hall–Kier alpha value is -0.120. The van der Waals surface area contributed by atoms with E-state index in [-0.39, 0.29) is 12.0 Å². The highest BCUT2D eigenvalue weighted by Gasteiger charge is 2.33. The molecular formula is C10H22N2O. The maximum absolute atomic E-state index is 9.31. The fraction of sp³-hybridized carbons (Fsp3) is 1.00. The minimum Gasteiger partial charge on any atom is -0.396 e. The molecule has 3 N–H and O–H groups in total. The van der Waals surface area contributed by atoms with Gasteiger partial charge in [-0.2, -0.15) is 0 Å². The maximum atomic E-state index is 9.31. The van der Waals surface area contributed by atoms with Gasteiger partial charge in [-0.3, -0.25) is 0 Å². The van der Waals surface area contributed by atoms with Crippen molar-refractivity contribution < 1.29 is 5.11 Å². The summed E-state index contributed by atoms with van der Waals surface area (Å²) in [5.41, 5.74) is 5.66. The highest BCUT2D eigenvalue weighted by Crippen LogP contribution is 2.33. The number of likely N-dealkylation sites (tertiary alicyclic amines) is 1. The van der Waals surface area contributed by atoms with Crippen molar-refractivity contribution in [1.29, 1.82) is 0 Å². The molecule has 0 bridgehead atoms. The van der Waals surface area contributed by atoms with Crippen LogP contribution in [0.2, 0.25) is 0 Å². The standard InChI is InChI=1S/C10H22N2O/c1-10(7-11,8-13)9-3-5-12(2)6-4-9/h9,13H,3-8,11H2,1-2H3. The lowest BCUT2D eigenvalue weighted by molar-refractivity contribution is 0.0475. The van der Waals surface area contributed by atoms with Gasteiger partial charge < -0.3 is 15.7 Å². The van der Waals surface area contributed by atoms with E-state index in [0.717, 1.165) is 13.1 Å². The van der Waals surface area contributed by atoms with Gasteiger partial charge in [0.1, 0.15) is 0 Å². The molecule has 0 spiro atoms. The Kier molecular flexibility index (Phi) is 3.71. The zero-order chi connectivity index (χ0) is 9.90. The number of aliphatic hydroxyl groups excluding tert-OH is 1. The number of hydrogen-bond acceptors (Lipinski definition) is 3. The monoisotopic (exact) mass is 186 g/mol. The first-order valence-corrected chi connectivity index (χ1v) is 5.12. The Balaban J connectivity index is 2.51. The summed E-state index contributed by atoms with van der Waals surface area (Å²) in [5.74, 6) is 0.596. The van der Waals surface area contributed by atoms with Gasteiger partial charge >= 0.3 is 0 Å². The third-order valence-corrected chi connectivity index (χ3v) is 3.53. The van der Waals surface area contributed by atoms with Crippen LogP contribution < -0.4 is 5.73 Å². The second-order valence-electron chi connectivity index (χ2n) is 4.59. The fourth-order valence-corrected chi connectivity index (χ4v) is 2.07. The normalized spacial score (nSPS) is 25.8. The maximum Gasteiger partial charge on any atom is 0.0499 e. The SMILES string of the molecule is CN1CCC(C(C)(CN)CO)CC1. The number of hydrogen-bond donors (Lipinski definition) is 2. The van der Waals surface area contributed by atoms with Gasteiger partial charge in [0, 0.05) is 18.6 Å². The van der Waals surface area contributed by atoms with Crippen molar-refractivity contribution in [2.75, 3.05) is 33.3 Å². The van der Waals surface area contributed by atoms with Crippen molar-refractivity contribution in [3.05, 3.63) is 0 Å². The largest absolute Gasteiger partial charge is 0.396 e. The third-order valence-electron chi connectivity index (χ3n) is 3.53. The van der Waals surface area contributed by atoms with Crippen LogP contribution in [-0.4, -0.2) is 43.3 Å². The van der Waals surface area contributed by atoms with Crippen LogP contribution in [0.4, 0.5) is 0 Å². The van der Waals surface area contributed by atoms with Gasteiger partial charge in [0.25, 0.3) is 0 Å². The van der Waals surface area contributed by atoms with E-state index in [1.54, 1.807) is 0 Å². The lowest BCUT2D eigenvalue weighted by atomic mass is 9.73. The first-order chi connectivity index (χ1) is 6.12. The second-order valence-corrected chi connectivity index (χ2v) is 4.59. The average Bonchev–Trinajstić information content (AvgIpc) is 2.18. The number of nitrogens with two attached hydrogens (primary N) is 1. The van der Waals surface area contributed by atoms with Crippen LogP contribution in [-0.2, 0) is 0 Å². The summed E-state index contributed by atoms with van der Waals surface area (Å²) in [7, 11) is 2.15. The summed E-state index contributed by atoms with van der Waals surface area (Å²) in [6.45, 7) is 5.19. The predicted molar refractivity (Wildman–Crippen MR) is 54.5 cm³/mol. The topological polar surface area (TPSA) is 49.5 Å². The Labute approximate surface area is 80.9 Å². The van der Waals surface area contributed by atoms with Gasteiger partial charge in [0.15, 0.2) is 0 Å². The zero-order valence-electron chi connectivity index (χ0n) is 8.79. The molecule has 0 aromatic rings. The Morgan fingerprint density at radius 2 is 2.00 bits per heavy atom. The van der Waals surface area contributed by atoms with E-state index in [0.29, 0.717) is 12.5 Å². The van der Waals surface area contributed by atoms with E-state index in [4.69, 9.17) is 5.73 Å². The van der Waals surface area contributed by atoms with Gasteiger partial charge in [-0.25, -0.2) is 0 Å². The quantitative estimate of drug-likeness (QED) is 0.666. The molecule has 1 aliphatic heterocycles. The minimum atomic E-state index is -0.0543. The van der Waals surface area contributed by atoms with Crippen molar-refractivity contribution in [3.8, 4) is 0 Å². The highest BCUT2D eigenvalue weighted by atomic mass is 16.3. The van der Waals surface area contributed by atoms with Crippen molar-refractivity contribution in [1.82, 2.24) is 4.90 Å². The van der Waals surface area contributed by atoms with Gasteiger partial charge in [-0.1, -0.05) is 6.92 Å². The van der Waals surface area contributed by atoms with Crippen molar-refractivity contribution in [3.63, 3.8) is 0 Å². The van der Waals surface area contributed by atoms with Crippen LogP contribution in [0.15, 0.2) is 0 Å². The van der Waals surface area contributed by atoms with Crippen LogP contribution in [0.25, 0.3) is 0 Å². The lowest BCUT2D eigenvalue weighted by Crippen LogP contribution is -2.44. The van der Waals surface area contributed by atoms with Crippen molar-refractivity contribution >= 4 is 0 Å². The van der Waals surface area contributed by atoms with Crippen LogP contribution >= 0.6 is 0 Å². The summed E-state index contributed by atoms with van der Waals surface area (Å²) in [6, 6.07) is 0. The predicted octanol–water partition coefficient (Wildman–Crippen LogP) is 0.286. The van der Waals surface area contributed by atoms with E-state index in [2.05, 4.69) is 18.9 Å². The Bertz CT molecular complexity index is 149. The van der Waals surface area contributed by atoms with E-state index >= 15 is 0 Å². The molecule has 1 fully saturated rings. The third kappa shape index (κ3) is 2.42. The molecule has 1 unspecified atom stereocenters. The molecule has 0 radical (unpaired) electrons. The molecule has 78 valence electrons. The molecule has 0 aromatic carbocycles. The molecular weight excluding hydrogens is 164 g/mol. The van der Waals surface area contributed by atoms with Crippen LogP contribution in [0.1, 0.15) is 19.8 Å². The Morgan fingerprint density at radius 1 is 1.46 bits per heavy atom. The first kappa shape index (κ1) is 11.0. The molecule has 0 aliphatic carbocycles. The summed E-state index contributed by atoms with van der Waals surface area (Å²) >= 11 is 0. The van der Waals surface area contributed by atoms with Gasteiger partial charge in [0.05, 0.1) is 0 Å². The number of rotatable bonds is 3. The average molecular weight is 186 g/mol. The molecule has 0 saturated carbocycles. The number of nitrogens with zero attached hydrogens (tertiary/aromatic N) is 1. The second kappa shape index (κ2) is 4.40. The molecule has 0 aromatic heterocycles. The van der Waals surface area contributed by atoms with Gasteiger partial charge in [0.2, 0.25) is 0 Å². The van der Waals surface area contributed by atoms with E-state index in [1.165, 1.54) is 12.8 Å².